The van der Waals surface area contributed by atoms with Crippen molar-refractivity contribution in [2.24, 2.45) is 35.6 Å². The van der Waals surface area contributed by atoms with Gasteiger partial charge in [-0.2, -0.15) is 5.10 Å². The Labute approximate surface area is 167 Å². The molecule has 6 atom stereocenters. The molecule has 0 aromatic carbocycles. The van der Waals surface area contributed by atoms with E-state index in [4.69, 9.17) is 0 Å². The first-order chi connectivity index (χ1) is 13.3. The molecular weight excluding hydrogens is 348 g/mol. The van der Waals surface area contributed by atoms with Crippen LogP contribution in [0.1, 0.15) is 64.4 Å². The van der Waals surface area contributed by atoms with Crippen molar-refractivity contribution in [3.63, 3.8) is 0 Å². The highest BCUT2D eigenvalue weighted by atomic mass is 16.3. The van der Waals surface area contributed by atoms with Gasteiger partial charge in [0.25, 0.3) is 0 Å². The molecule has 5 rings (SSSR count). The molecule has 1 heterocycles. The fourth-order valence-corrected chi connectivity index (χ4v) is 7.16. The maximum absolute atomic E-state index is 13.4. The molecule has 4 aliphatic rings. The molecule has 1 N–H and O–H groups in total. The second-order valence-corrected chi connectivity index (χ2v) is 10.3. The number of fused-ring (bicyclic) bond motifs is 5. The summed E-state index contributed by atoms with van der Waals surface area (Å²) >= 11 is 0. The lowest BCUT2D eigenvalue weighted by Crippen LogP contribution is -2.50. The van der Waals surface area contributed by atoms with Crippen molar-refractivity contribution in [2.75, 3.05) is 0 Å². The van der Waals surface area contributed by atoms with Crippen molar-refractivity contribution in [2.45, 2.75) is 64.9 Å². The van der Waals surface area contributed by atoms with Gasteiger partial charge in [-0.25, -0.2) is 0 Å². The van der Waals surface area contributed by atoms with Crippen molar-refractivity contribution >= 4 is 11.9 Å². The molecule has 0 saturated heterocycles. The van der Waals surface area contributed by atoms with E-state index in [0.29, 0.717) is 23.5 Å². The number of ketones is 1. The molecule has 4 heteroatoms. The maximum Gasteiger partial charge on any atom is 0.165 e. The maximum atomic E-state index is 13.4. The molecule has 1 aromatic heterocycles. The van der Waals surface area contributed by atoms with Crippen LogP contribution in [0.15, 0.2) is 29.6 Å². The molecule has 150 valence electrons. The summed E-state index contributed by atoms with van der Waals surface area (Å²) in [7, 11) is 1.91. The summed E-state index contributed by atoms with van der Waals surface area (Å²) < 4.78 is 1.79. The van der Waals surface area contributed by atoms with E-state index in [-0.39, 0.29) is 16.9 Å². The number of carbonyl (C=O) groups is 1. The van der Waals surface area contributed by atoms with E-state index < -0.39 is 0 Å². The summed E-state index contributed by atoms with van der Waals surface area (Å²) in [4.78, 5) is 13.4. The quantitative estimate of drug-likeness (QED) is 0.583. The minimum atomic E-state index is -0.203. The largest absolute Gasteiger partial charge is 0.393 e. The summed E-state index contributed by atoms with van der Waals surface area (Å²) in [6.07, 6.45) is 15.2. The highest BCUT2D eigenvalue weighted by molar-refractivity contribution is 6.05. The van der Waals surface area contributed by atoms with Crippen LogP contribution < -0.4 is 0 Å². The first kappa shape index (κ1) is 18.4. The van der Waals surface area contributed by atoms with E-state index in [9.17, 15) is 9.90 Å². The van der Waals surface area contributed by atoms with Crippen LogP contribution in [0.4, 0.5) is 0 Å². The SMILES string of the molecule is Cn1cc(/C=C2\C[C@@H]3[C@H]4CC=C5C[C@H](O)CC[C@]5(C)[C@@H]4CC[C@@]3(C)C2=O)cn1. The molecule has 3 saturated carbocycles. The Morgan fingerprint density at radius 3 is 2.71 bits per heavy atom. The van der Waals surface area contributed by atoms with Gasteiger partial charge in [-0.05, 0) is 79.8 Å². The van der Waals surface area contributed by atoms with Crippen LogP contribution in [0.25, 0.3) is 6.08 Å². The Morgan fingerprint density at radius 2 is 1.96 bits per heavy atom. The molecule has 0 bridgehead atoms. The van der Waals surface area contributed by atoms with Gasteiger partial charge in [0.05, 0.1) is 12.3 Å². The second-order valence-electron chi connectivity index (χ2n) is 10.3. The Bertz CT molecular complexity index is 881. The molecule has 0 radical (unpaired) electrons. The lowest BCUT2D eigenvalue weighted by molar-refractivity contribution is -0.130. The van der Waals surface area contributed by atoms with E-state index in [1.54, 1.807) is 4.68 Å². The van der Waals surface area contributed by atoms with E-state index in [1.165, 1.54) is 5.57 Å². The number of hydrogen-bond donors (Lipinski definition) is 1. The van der Waals surface area contributed by atoms with Gasteiger partial charge in [-0.1, -0.05) is 25.5 Å². The minimum absolute atomic E-state index is 0.160. The summed E-state index contributed by atoms with van der Waals surface area (Å²) in [6.45, 7) is 4.67. The van der Waals surface area contributed by atoms with Crippen LogP contribution in [-0.4, -0.2) is 26.8 Å². The van der Waals surface area contributed by atoms with Crippen molar-refractivity contribution in [3.8, 4) is 0 Å². The molecule has 0 spiro atoms. The summed E-state index contributed by atoms with van der Waals surface area (Å²) in [5.41, 5.74) is 3.54. The van der Waals surface area contributed by atoms with Crippen molar-refractivity contribution in [1.82, 2.24) is 9.78 Å². The summed E-state index contributed by atoms with van der Waals surface area (Å²) in [5, 5.41) is 14.4. The Hall–Kier alpha value is -1.68. The van der Waals surface area contributed by atoms with Crippen molar-refractivity contribution in [3.05, 3.63) is 35.2 Å². The summed E-state index contributed by atoms with van der Waals surface area (Å²) in [6, 6.07) is 0. The van der Waals surface area contributed by atoms with Crippen molar-refractivity contribution < 1.29 is 9.90 Å². The Balaban J connectivity index is 1.48. The number of rotatable bonds is 1. The predicted molar refractivity (Wildman–Crippen MR) is 109 cm³/mol. The molecule has 4 aliphatic carbocycles. The van der Waals surface area contributed by atoms with E-state index in [1.807, 2.05) is 19.4 Å². The van der Waals surface area contributed by atoms with Gasteiger partial charge in [0, 0.05) is 24.2 Å². The highest BCUT2D eigenvalue weighted by Gasteiger charge is 2.59. The Morgan fingerprint density at radius 1 is 1.18 bits per heavy atom. The van der Waals surface area contributed by atoms with E-state index in [0.717, 1.165) is 56.1 Å². The highest BCUT2D eigenvalue weighted by Crippen LogP contribution is 2.64. The monoisotopic (exact) mass is 380 g/mol. The predicted octanol–water partition coefficient (Wildman–Crippen LogP) is 4.31. The third kappa shape index (κ3) is 2.53. The fourth-order valence-electron chi connectivity index (χ4n) is 7.16. The Kier molecular flexibility index (Phi) is 4.04. The van der Waals surface area contributed by atoms with Crippen LogP contribution in [0.5, 0.6) is 0 Å². The molecule has 0 aliphatic heterocycles. The molecule has 3 fully saturated rings. The number of carbonyl (C=O) groups excluding carboxylic acids is 1. The van der Waals surface area contributed by atoms with Gasteiger partial charge in [0.15, 0.2) is 5.78 Å². The van der Waals surface area contributed by atoms with Gasteiger partial charge in [-0.15, -0.1) is 0 Å². The van der Waals surface area contributed by atoms with Crippen LogP contribution >= 0.6 is 0 Å². The second kappa shape index (κ2) is 6.16. The standard InChI is InChI=1S/C24H32N2O2/c1-23-8-6-18(27)12-17(23)4-5-19-20(23)7-9-24(2)21(19)11-16(22(24)28)10-15-13-25-26(3)14-15/h4,10,13-14,18-21,27H,5-9,11-12H2,1-3H3/b16-10+/t18-,19+,20-,21-,23+,24-/m1/s1. The zero-order valence-electron chi connectivity index (χ0n) is 17.3. The first-order valence-electron chi connectivity index (χ1n) is 10.9. The smallest absolute Gasteiger partial charge is 0.165 e. The molecule has 0 unspecified atom stereocenters. The average Bonchev–Trinajstić information content (AvgIpc) is 3.18. The number of nitrogens with zero attached hydrogens (tertiary/aromatic N) is 2. The van der Waals surface area contributed by atoms with Gasteiger partial charge in [-0.3, -0.25) is 9.48 Å². The zero-order valence-corrected chi connectivity index (χ0v) is 17.3. The normalized spacial score (nSPS) is 44.1. The van der Waals surface area contributed by atoms with E-state index in [2.05, 4.69) is 31.1 Å². The lowest BCUT2D eigenvalue weighted by Gasteiger charge is -2.56. The topological polar surface area (TPSA) is 55.1 Å². The molecule has 1 aromatic rings. The number of hydrogen-bond acceptors (Lipinski definition) is 3. The molecule has 4 nitrogen and oxygen atoms in total. The number of Topliss-reactive ketones (excluding diaryl/α,β-unsaturated/α-hetero) is 1. The van der Waals surface area contributed by atoms with Crippen LogP contribution in [0.3, 0.4) is 0 Å². The number of aromatic nitrogens is 2. The van der Waals surface area contributed by atoms with Crippen LogP contribution in [0.2, 0.25) is 0 Å². The van der Waals surface area contributed by atoms with Gasteiger partial charge < -0.3 is 5.11 Å². The lowest BCUT2D eigenvalue weighted by atomic mass is 9.48. The van der Waals surface area contributed by atoms with E-state index >= 15 is 0 Å². The molecule has 0 amide bonds. The third-order valence-electron chi connectivity index (χ3n) is 8.78. The van der Waals surface area contributed by atoms with Gasteiger partial charge in [0.2, 0.25) is 0 Å². The fraction of sp³-hybridized carbons (Fsp3) is 0.667. The van der Waals surface area contributed by atoms with Crippen LogP contribution in [-0.2, 0) is 11.8 Å². The number of allylic oxidation sites excluding steroid dienone is 2. The van der Waals surface area contributed by atoms with Crippen LogP contribution in [0, 0.1) is 28.6 Å². The van der Waals surface area contributed by atoms with Crippen molar-refractivity contribution in [1.29, 1.82) is 0 Å². The van der Waals surface area contributed by atoms with Gasteiger partial charge in [0.1, 0.15) is 0 Å². The number of aryl methyl sites for hydroxylation is 1. The average molecular weight is 381 g/mol. The zero-order chi connectivity index (χ0) is 19.7. The third-order valence-corrected chi connectivity index (χ3v) is 8.78. The number of aliphatic hydroxyl groups excluding tert-OH is 1. The number of aliphatic hydroxyl groups is 1. The molecular formula is C24H32N2O2. The van der Waals surface area contributed by atoms with Gasteiger partial charge >= 0.3 is 0 Å². The molecule has 28 heavy (non-hydrogen) atoms. The summed E-state index contributed by atoms with van der Waals surface area (Å²) in [5.74, 6) is 2.07. The minimum Gasteiger partial charge on any atom is -0.393 e. The first-order valence-corrected chi connectivity index (χ1v) is 10.9.